The van der Waals surface area contributed by atoms with Crippen molar-refractivity contribution in [2.45, 2.75) is 39.7 Å². The van der Waals surface area contributed by atoms with Gasteiger partial charge in [0.2, 0.25) is 0 Å². The lowest BCUT2D eigenvalue weighted by Gasteiger charge is -2.34. The zero-order chi connectivity index (χ0) is 9.19. The molecule has 0 aliphatic carbocycles. The zero-order valence-corrected chi connectivity index (χ0v) is 8.51. The van der Waals surface area contributed by atoms with Crippen LogP contribution in [0.4, 0.5) is 0 Å². The average Bonchev–Trinajstić information content (AvgIpc) is 2.34. The van der Waals surface area contributed by atoms with E-state index < -0.39 is 0 Å². The monoisotopic (exact) mass is 171 g/mol. The van der Waals surface area contributed by atoms with Gasteiger partial charge in [-0.05, 0) is 24.8 Å². The lowest BCUT2D eigenvalue weighted by atomic mass is 9.85. The Balaban J connectivity index is 2.52. The quantitative estimate of drug-likeness (QED) is 0.680. The Morgan fingerprint density at radius 1 is 1.42 bits per heavy atom. The topological polar surface area (TPSA) is 23.5 Å². The Morgan fingerprint density at radius 3 is 2.58 bits per heavy atom. The number of hydrogen-bond donors (Lipinski definition) is 1. The fraction of sp³-hybridized carbons (Fsp3) is 1.00. The maximum atomic E-state index is 8.87. The second-order valence-corrected chi connectivity index (χ2v) is 4.78. The predicted octanol–water partition coefficient (Wildman–Crippen LogP) is 1.49. The van der Waals surface area contributed by atoms with Crippen molar-refractivity contribution in [3.8, 4) is 0 Å². The predicted molar refractivity (Wildman–Crippen MR) is 51.1 cm³/mol. The van der Waals surface area contributed by atoms with Gasteiger partial charge in [-0.1, -0.05) is 20.8 Å². The van der Waals surface area contributed by atoms with E-state index in [1.165, 1.54) is 19.4 Å². The Kier molecular flexibility index (Phi) is 3.13. The van der Waals surface area contributed by atoms with Crippen LogP contribution in [0.15, 0.2) is 0 Å². The molecular weight excluding hydrogens is 150 g/mol. The van der Waals surface area contributed by atoms with E-state index in [0.29, 0.717) is 18.1 Å². The molecule has 1 unspecified atom stereocenters. The van der Waals surface area contributed by atoms with E-state index in [1.807, 2.05) is 0 Å². The number of β-amino-alcohol motifs (C(OH)–C–C–N with tert-alkyl or cyclic N) is 1. The van der Waals surface area contributed by atoms with Gasteiger partial charge in [-0.3, -0.25) is 4.90 Å². The highest BCUT2D eigenvalue weighted by atomic mass is 16.3. The Morgan fingerprint density at radius 2 is 2.08 bits per heavy atom. The van der Waals surface area contributed by atoms with E-state index in [0.717, 1.165) is 6.54 Å². The smallest absolute Gasteiger partial charge is 0.0558 e. The molecule has 1 N–H and O–H groups in total. The van der Waals surface area contributed by atoms with Crippen molar-refractivity contribution in [3.05, 3.63) is 0 Å². The van der Waals surface area contributed by atoms with E-state index in [9.17, 15) is 0 Å². The van der Waals surface area contributed by atoms with E-state index in [4.69, 9.17) is 5.11 Å². The summed E-state index contributed by atoms with van der Waals surface area (Å²) in [4.78, 5) is 2.42. The van der Waals surface area contributed by atoms with E-state index >= 15 is 0 Å². The van der Waals surface area contributed by atoms with Crippen molar-refractivity contribution >= 4 is 0 Å². The maximum absolute atomic E-state index is 8.87. The summed E-state index contributed by atoms with van der Waals surface area (Å²) in [5, 5.41) is 8.87. The third kappa shape index (κ3) is 2.20. The molecule has 12 heavy (non-hydrogen) atoms. The number of aliphatic hydroxyl groups is 1. The van der Waals surface area contributed by atoms with E-state index in [-0.39, 0.29) is 0 Å². The van der Waals surface area contributed by atoms with Gasteiger partial charge in [0.05, 0.1) is 6.61 Å². The fourth-order valence-corrected chi connectivity index (χ4v) is 2.20. The molecule has 2 heteroatoms. The van der Waals surface area contributed by atoms with Gasteiger partial charge in [-0.15, -0.1) is 0 Å². The van der Waals surface area contributed by atoms with Crippen LogP contribution in [0.2, 0.25) is 0 Å². The van der Waals surface area contributed by atoms with Crippen molar-refractivity contribution < 1.29 is 5.11 Å². The van der Waals surface area contributed by atoms with Crippen molar-refractivity contribution in [2.75, 3.05) is 19.7 Å². The molecule has 1 rings (SSSR count). The van der Waals surface area contributed by atoms with Crippen LogP contribution in [0.5, 0.6) is 0 Å². The molecule has 1 aliphatic rings. The summed E-state index contributed by atoms with van der Waals surface area (Å²) >= 11 is 0. The Hall–Kier alpha value is -0.0800. The second kappa shape index (κ2) is 3.75. The number of nitrogens with zero attached hydrogens (tertiary/aromatic N) is 1. The largest absolute Gasteiger partial charge is 0.395 e. The maximum Gasteiger partial charge on any atom is 0.0558 e. The highest BCUT2D eigenvalue weighted by Crippen LogP contribution is 2.31. The minimum absolute atomic E-state index is 0.298. The third-order valence-electron chi connectivity index (χ3n) is 2.75. The van der Waals surface area contributed by atoms with Crippen LogP contribution in [-0.4, -0.2) is 35.7 Å². The molecule has 2 nitrogen and oxygen atoms in total. The minimum atomic E-state index is 0.298. The Bertz CT molecular complexity index is 139. The van der Waals surface area contributed by atoms with Gasteiger partial charge in [0, 0.05) is 12.6 Å². The molecule has 1 aliphatic heterocycles. The summed E-state index contributed by atoms with van der Waals surface area (Å²) < 4.78 is 0. The van der Waals surface area contributed by atoms with Crippen molar-refractivity contribution in [3.63, 3.8) is 0 Å². The molecule has 1 heterocycles. The van der Waals surface area contributed by atoms with Crippen molar-refractivity contribution in [1.82, 2.24) is 4.90 Å². The van der Waals surface area contributed by atoms with Crippen molar-refractivity contribution in [1.29, 1.82) is 0 Å². The van der Waals surface area contributed by atoms with Gasteiger partial charge in [0.1, 0.15) is 0 Å². The molecule has 0 radical (unpaired) electrons. The normalized spacial score (nSPS) is 26.5. The van der Waals surface area contributed by atoms with E-state index in [2.05, 4.69) is 25.7 Å². The summed E-state index contributed by atoms with van der Waals surface area (Å²) in [5.74, 6) is 0. The third-order valence-corrected chi connectivity index (χ3v) is 2.75. The van der Waals surface area contributed by atoms with Crippen LogP contribution in [0.3, 0.4) is 0 Å². The molecule has 0 aromatic heterocycles. The number of likely N-dealkylation sites (tertiary alicyclic amines) is 1. The minimum Gasteiger partial charge on any atom is -0.395 e. The summed E-state index contributed by atoms with van der Waals surface area (Å²) in [6, 6.07) is 0.671. The summed E-state index contributed by atoms with van der Waals surface area (Å²) in [5.41, 5.74) is 0.367. The number of aliphatic hydroxyl groups excluding tert-OH is 1. The standard InChI is InChI=1S/C10H21NO/c1-10(2,3)9-5-4-6-11(9)7-8-12/h9,12H,4-8H2,1-3H3. The van der Waals surface area contributed by atoms with Crippen LogP contribution < -0.4 is 0 Å². The Labute approximate surface area is 75.6 Å². The molecule has 0 saturated carbocycles. The lowest BCUT2D eigenvalue weighted by Crippen LogP contribution is -2.40. The summed E-state index contributed by atoms with van der Waals surface area (Å²) in [6.07, 6.45) is 2.59. The first-order valence-electron chi connectivity index (χ1n) is 4.90. The second-order valence-electron chi connectivity index (χ2n) is 4.78. The fourth-order valence-electron chi connectivity index (χ4n) is 2.20. The highest BCUT2D eigenvalue weighted by Gasteiger charge is 2.33. The molecule has 1 saturated heterocycles. The first-order valence-corrected chi connectivity index (χ1v) is 4.90. The van der Waals surface area contributed by atoms with Crippen LogP contribution in [0, 0.1) is 5.41 Å². The first kappa shape index (κ1) is 10.0. The molecule has 72 valence electrons. The van der Waals surface area contributed by atoms with Crippen LogP contribution >= 0.6 is 0 Å². The van der Waals surface area contributed by atoms with Crippen LogP contribution in [0.1, 0.15) is 33.6 Å². The van der Waals surface area contributed by atoms with Gasteiger partial charge in [-0.25, -0.2) is 0 Å². The van der Waals surface area contributed by atoms with E-state index in [1.54, 1.807) is 0 Å². The summed E-state index contributed by atoms with van der Waals surface area (Å²) in [6.45, 7) is 9.17. The summed E-state index contributed by atoms with van der Waals surface area (Å²) in [7, 11) is 0. The molecular formula is C10H21NO. The molecule has 0 bridgehead atoms. The zero-order valence-electron chi connectivity index (χ0n) is 8.51. The molecule has 1 fully saturated rings. The van der Waals surface area contributed by atoms with Gasteiger partial charge in [0.25, 0.3) is 0 Å². The average molecular weight is 171 g/mol. The molecule has 0 aromatic carbocycles. The molecule has 0 spiro atoms. The van der Waals surface area contributed by atoms with Gasteiger partial charge in [-0.2, -0.15) is 0 Å². The molecule has 0 amide bonds. The molecule has 1 atom stereocenters. The SMILES string of the molecule is CC(C)(C)C1CCCN1CCO. The van der Waals surface area contributed by atoms with Crippen LogP contribution in [-0.2, 0) is 0 Å². The van der Waals surface area contributed by atoms with Gasteiger partial charge >= 0.3 is 0 Å². The van der Waals surface area contributed by atoms with Crippen molar-refractivity contribution in [2.24, 2.45) is 5.41 Å². The highest BCUT2D eigenvalue weighted by molar-refractivity contribution is 4.87. The van der Waals surface area contributed by atoms with Gasteiger partial charge in [0.15, 0.2) is 0 Å². The van der Waals surface area contributed by atoms with Crippen LogP contribution in [0.25, 0.3) is 0 Å². The molecule has 0 aromatic rings. The number of hydrogen-bond acceptors (Lipinski definition) is 2. The van der Waals surface area contributed by atoms with Gasteiger partial charge < -0.3 is 5.11 Å². The lowest BCUT2D eigenvalue weighted by molar-refractivity contribution is 0.116. The number of rotatable bonds is 2. The first-order chi connectivity index (χ1) is 5.55.